The number of rotatable bonds is 6. The number of para-hydroxylation sites is 1. The maximum Gasteiger partial charge on any atom is 0.313 e. The molecule has 0 unspecified atom stereocenters. The number of hydrogen-bond acceptors (Lipinski definition) is 3. The van der Waals surface area contributed by atoms with Gasteiger partial charge < -0.3 is 15.5 Å². The van der Waals surface area contributed by atoms with Crippen LogP contribution in [0.25, 0.3) is 0 Å². The molecule has 104 valence electrons. The highest BCUT2D eigenvalue weighted by Gasteiger charge is 2.13. The van der Waals surface area contributed by atoms with Crippen molar-refractivity contribution in [2.75, 3.05) is 31.5 Å². The number of nitrogens with one attached hydrogen (secondary N) is 2. The van der Waals surface area contributed by atoms with Crippen LogP contribution in [0.2, 0.25) is 0 Å². The summed E-state index contributed by atoms with van der Waals surface area (Å²) in [5.74, 6) is -1.23. The third-order valence-electron chi connectivity index (χ3n) is 2.85. The summed E-state index contributed by atoms with van der Waals surface area (Å²) in [6, 6.07) is 8.92. The normalized spacial score (nSPS) is 10.3. The molecule has 0 fully saturated rings. The molecule has 1 aromatic carbocycles. The summed E-state index contributed by atoms with van der Waals surface area (Å²) >= 11 is 0. The van der Waals surface area contributed by atoms with Gasteiger partial charge in [-0.3, -0.25) is 9.59 Å². The Hall–Kier alpha value is -1.88. The molecule has 0 atom stereocenters. The van der Waals surface area contributed by atoms with Crippen LogP contribution in [0.1, 0.15) is 13.8 Å². The van der Waals surface area contributed by atoms with Crippen LogP contribution in [0.5, 0.6) is 0 Å². The largest absolute Gasteiger partial charge is 0.347 e. The fourth-order valence-electron chi connectivity index (χ4n) is 1.66. The van der Waals surface area contributed by atoms with Gasteiger partial charge in [0.05, 0.1) is 0 Å². The van der Waals surface area contributed by atoms with Gasteiger partial charge in [-0.25, -0.2) is 0 Å². The molecule has 0 aliphatic heterocycles. The quantitative estimate of drug-likeness (QED) is 0.755. The van der Waals surface area contributed by atoms with E-state index in [2.05, 4.69) is 29.4 Å². The van der Waals surface area contributed by atoms with E-state index in [1.54, 1.807) is 24.3 Å². The maximum absolute atomic E-state index is 11.6. The molecule has 0 heterocycles. The van der Waals surface area contributed by atoms with Crippen LogP contribution in [-0.2, 0) is 9.59 Å². The van der Waals surface area contributed by atoms with E-state index < -0.39 is 11.8 Å². The minimum Gasteiger partial charge on any atom is -0.347 e. The Kier molecular flexibility index (Phi) is 6.60. The Morgan fingerprint density at radius 3 is 2.26 bits per heavy atom. The molecule has 2 N–H and O–H groups in total. The molecule has 0 saturated carbocycles. The summed E-state index contributed by atoms with van der Waals surface area (Å²) in [4.78, 5) is 25.3. The van der Waals surface area contributed by atoms with E-state index in [1.165, 1.54) is 0 Å². The summed E-state index contributed by atoms with van der Waals surface area (Å²) in [5, 5.41) is 5.15. The van der Waals surface area contributed by atoms with Crippen LogP contribution in [0.15, 0.2) is 30.3 Å². The predicted octanol–water partition coefficient (Wildman–Crippen LogP) is 1.08. The number of benzene rings is 1. The van der Waals surface area contributed by atoms with Crippen LogP contribution in [0.4, 0.5) is 5.69 Å². The molecule has 5 nitrogen and oxygen atoms in total. The Morgan fingerprint density at radius 2 is 1.68 bits per heavy atom. The van der Waals surface area contributed by atoms with Crippen LogP contribution in [-0.4, -0.2) is 42.9 Å². The Bertz CT molecular complexity index is 402. The van der Waals surface area contributed by atoms with Crippen LogP contribution in [0, 0.1) is 0 Å². The molecule has 1 rings (SSSR count). The van der Waals surface area contributed by atoms with E-state index in [1.807, 2.05) is 6.07 Å². The second-order valence-corrected chi connectivity index (χ2v) is 4.10. The smallest absolute Gasteiger partial charge is 0.313 e. The summed E-state index contributed by atoms with van der Waals surface area (Å²) in [6.45, 7) is 7.21. The lowest BCUT2D eigenvalue weighted by molar-refractivity contribution is -0.136. The number of carbonyl (C=O) groups excluding carboxylic acids is 2. The molecule has 0 aliphatic carbocycles. The first-order chi connectivity index (χ1) is 9.17. The van der Waals surface area contributed by atoms with Gasteiger partial charge in [0.25, 0.3) is 0 Å². The van der Waals surface area contributed by atoms with Crippen molar-refractivity contribution in [2.24, 2.45) is 0 Å². The van der Waals surface area contributed by atoms with E-state index in [0.29, 0.717) is 12.2 Å². The van der Waals surface area contributed by atoms with E-state index in [0.717, 1.165) is 19.6 Å². The van der Waals surface area contributed by atoms with Crippen LogP contribution < -0.4 is 10.6 Å². The SMILES string of the molecule is CCN(CC)CCNC(=O)C(=O)Nc1ccccc1. The van der Waals surface area contributed by atoms with Gasteiger partial charge in [-0.1, -0.05) is 32.0 Å². The summed E-state index contributed by atoms with van der Waals surface area (Å²) in [7, 11) is 0. The lowest BCUT2D eigenvalue weighted by Gasteiger charge is -2.17. The van der Waals surface area contributed by atoms with E-state index in [9.17, 15) is 9.59 Å². The molecule has 2 amide bonds. The number of hydrogen-bond donors (Lipinski definition) is 2. The lowest BCUT2D eigenvalue weighted by atomic mass is 10.3. The number of carbonyl (C=O) groups is 2. The zero-order valence-electron chi connectivity index (χ0n) is 11.5. The van der Waals surface area contributed by atoms with Crippen LogP contribution >= 0.6 is 0 Å². The van der Waals surface area contributed by atoms with Gasteiger partial charge in [-0.2, -0.15) is 0 Å². The zero-order chi connectivity index (χ0) is 14.1. The van der Waals surface area contributed by atoms with Gasteiger partial charge in [0.1, 0.15) is 0 Å². The second-order valence-electron chi connectivity index (χ2n) is 4.10. The molecule has 5 heteroatoms. The molecule has 1 aromatic rings. The van der Waals surface area contributed by atoms with E-state index in [-0.39, 0.29) is 0 Å². The summed E-state index contributed by atoms with van der Waals surface area (Å²) < 4.78 is 0. The molecule has 19 heavy (non-hydrogen) atoms. The van der Waals surface area contributed by atoms with Crippen molar-refractivity contribution in [3.05, 3.63) is 30.3 Å². The topological polar surface area (TPSA) is 61.4 Å². The molecule has 0 aromatic heterocycles. The molecule has 0 spiro atoms. The highest BCUT2D eigenvalue weighted by Crippen LogP contribution is 2.04. The van der Waals surface area contributed by atoms with E-state index >= 15 is 0 Å². The number of nitrogens with zero attached hydrogens (tertiary/aromatic N) is 1. The first kappa shape index (κ1) is 15.2. The molecular formula is C14H21N3O2. The van der Waals surface area contributed by atoms with Gasteiger partial charge >= 0.3 is 11.8 Å². The van der Waals surface area contributed by atoms with Crippen molar-refractivity contribution in [3.63, 3.8) is 0 Å². The molecule has 0 bridgehead atoms. The summed E-state index contributed by atoms with van der Waals surface area (Å²) in [5.41, 5.74) is 0.617. The number of anilines is 1. The van der Waals surface area contributed by atoms with Crippen LogP contribution in [0.3, 0.4) is 0 Å². The van der Waals surface area contributed by atoms with Gasteiger partial charge in [-0.05, 0) is 25.2 Å². The summed E-state index contributed by atoms with van der Waals surface area (Å²) in [6.07, 6.45) is 0. The average Bonchev–Trinajstić information content (AvgIpc) is 2.44. The monoisotopic (exact) mass is 263 g/mol. The predicted molar refractivity (Wildman–Crippen MR) is 75.9 cm³/mol. The third kappa shape index (κ3) is 5.52. The Labute approximate surface area is 114 Å². The fourth-order valence-corrected chi connectivity index (χ4v) is 1.66. The fraction of sp³-hybridized carbons (Fsp3) is 0.429. The second kappa shape index (κ2) is 8.26. The van der Waals surface area contributed by atoms with E-state index in [4.69, 9.17) is 0 Å². The first-order valence-corrected chi connectivity index (χ1v) is 6.54. The number of amides is 2. The van der Waals surface area contributed by atoms with Crippen molar-refractivity contribution < 1.29 is 9.59 Å². The highest BCUT2D eigenvalue weighted by atomic mass is 16.2. The first-order valence-electron chi connectivity index (χ1n) is 6.54. The average molecular weight is 263 g/mol. The highest BCUT2D eigenvalue weighted by molar-refractivity contribution is 6.39. The molecule has 0 radical (unpaired) electrons. The third-order valence-corrected chi connectivity index (χ3v) is 2.85. The van der Waals surface area contributed by atoms with Crippen molar-refractivity contribution in [1.82, 2.24) is 10.2 Å². The van der Waals surface area contributed by atoms with Crippen molar-refractivity contribution in [2.45, 2.75) is 13.8 Å². The van der Waals surface area contributed by atoms with Crippen molar-refractivity contribution >= 4 is 17.5 Å². The maximum atomic E-state index is 11.6. The standard InChI is InChI=1S/C14H21N3O2/c1-3-17(4-2)11-10-15-13(18)14(19)16-12-8-6-5-7-9-12/h5-9H,3-4,10-11H2,1-2H3,(H,15,18)(H,16,19). The van der Waals surface area contributed by atoms with Crippen molar-refractivity contribution in [1.29, 1.82) is 0 Å². The van der Waals surface area contributed by atoms with Gasteiger partial charge in [0, 0.05) is 18.8 Å². The zero-order valence-corrected chi connectivity index (χ0v) is 11.5. The van der Waals surface area contributed by atoms with Gasteiger partial charge in [-0.15, -0.1) is 0 Å². The molecular weight excluding hydrogens is 242 g/mol. The molecule has 0 aliphatic rings. The molecule has 0 saturated heterocycles. The van der Waals surface area contributed by atoms with Crippen molar-refractivity contribution in [3.8, 4) is 0 Å². The van der Waals surface area contributed by atoms with Gasteiger partial charge in [0.15, 0.2) is 0 Å². The Morgan fingerprint density at radius 1 is 1.05 bits per heavy atom. The lowest BCUT2D eigenvalue weighted by Crippen LogP contribution is -2.40. The minimum absolute atomic E-state index is 0.475. The Balaban J connectivity index is 2.31. The van der Waals surface area contributed by atoms with Gasteiger partial charge in [0.2, 0.25) is 0 Å². The number of likely N-dealkylation sites (N-methyl/N-ethyl adjacent to an activating group) is 1. The minimum atomic E-state index is -0.634.